The van der Waals surface area contributed by atoms with E-state index in [0.717, 1.165) is 39.5 Å². The Bertz CT molecular complexity index is 1030. The average molecular weight is 337 g/mol. The summed E-state index contributed by atoms with van der Waals surface area (Å²) >= 11 is 0. The van der Waals surface area contributed by atoms with E-state index in [4.69, 9.17) is 0 Å². The molecule has 0 radical (unpaired) electrons. The van der Waals surface area contributed by atoms with Crippen LogP contribution < -0.4 is 0 Å². The molecule has 0 unspecified atom stereocenters. The maximum atomic E-state index is 4.53. The lowest BCUT2D eigenvalue weighted by Crippen LogP contribution is -1.87. The summed E-state index contributed by atoms with van der Waals surface area (Å²) < 4.78 is 0. The Morgan fingerprint density at radius 3 is 1.92 bits per heavy atom. The molecule has 26 heavy (non-hydrogen) atoms. The zero-order chi connectivity index (χ0) is 17.9. The SMILES string of the molecule is Cc1cc(-c2cc(N=Nc3ccccc3)c3cccccc2-3)cc(C)n1. The third-order valence-electron chi connectivity index (χ3n) is 4.31. The summed E-state index contributed by atoms with van der Waals surface area (Å²) in [6.07, 6.45) is 0. The molecule has 0 amide bonds. The molecule has 0 fully saturated rings. The number of aryl methyl sites for hydroxylation is 2. The number of hydrogen-bond donors (Lipinski definition) is 0. The van der Waals surface area contributed by atoms with E-state index < -0.39 is 0 Å². The molecule has 0 bridgehead atoms. The van der Waals surface area contributed by atoms with E-state index in [-0.39, 0.29) is 0 Å². The minimum Gasteiger partial charge on any atom is -0.258 e. The number of aromatic nitrogens is 1. The summed E-state index contributed by atoms with van der Waals surface area (Å²) in [5, 5.41) is 8.93. The van der Waals surface area contributed by atoms with Gasteiger partial charge in [-0.2, -0.15) is 5.11 Å². The maximum Gasteiger partial charge on any atom is 0.0941 e. The van der Waals surface area contributed by atoms with Gasteiger partial charge in [-0.25, -0.2) is 0 Å². The van der Waals surface area contributed by atoms with Crippen molar-refractivity contribution in [3.63, 3.8) is 0 Å². The molecule has 4 rings (SSSR count). The predicted molar refractivity (Wildman–Crippen MR) is 106 cm³/mol. The molecular formula is C23H19N3. The van der Waals surface area contributed by atoms with Crippen LogP contribution in [0.2, 0.25) is 0 Å². The van der Waals surface area contributed by atoms with Gasteiger partial charge < -0.3 is 0 Å². The van der Waals surface area contributed by atoms with Crippen LogP contribution in [0.15, 0.2) is 89.1 Å². The van der Waals surface area contributed by atoms with E-state index in [2.05, 4.69) is 51.6 Å². The number of rotatable bonds is 3. The Labute approximate surface area is 153 Å². The zero-order valence-electron chi connectivity index (χ0n) is 14.8. The van der Waals surface area contributed by atoms with Crippen molar-refractivity contribution in [1.82, 2.24) is 4.98 Å². The molecule has 1 aromatic carbocycles. The monoisotopic (exact) mass is 337 g/mol. The second-order valence-electron chi connectivity index (χ2n) is 6.36. The number of fused-ring (bicyclic) bond motifs is 1. The molecule has 0 aliphatic heterocycles. The summed E-state index contributed by atoms with van der Waals surface area (Å²) in [4.78, 5) is 4.49. The maximum absolute atomic E-state index is 4.53. The molecule has 1 aromatic heterocycles. The van der Waals surface area contributed by atoms with Crippen LogP contribution in [0.25, 0.3) is 22.3 Å². The molecule has 3 heteroatoms. The normalized spacial score (nSPS) is 11.3. The molecule has 0 atom stereocenters. The molecule has 0 N–H and O–H groups in total. The summed E-state index contributed by atoms with van der Waals surface area (Å²) in [7, 11) is 0. The van der Waals surface area contributed by atoms with Crippen molar-refractivity contribution in [3.05, 3.63) is 90.3 Å². The Kier molecular flexibility index (Phi) is 4.28. The highest BCUT2D eigenvalue weighted by atomic mass is 15.1. The lowest BCUT2D eigenvalue weighted by atomic mass is 10.0. The van der Waals surface area contributed by atoms with Crippen molar-refractivity contribution >= 4 is 11.4 Å². The summed E-state index contributed by atoms with van der Waals surface area (Å²) in [5.41, 5.74) is 8.34. The van der Waals surface area contributed by atoms with E-state index >= 15 is 0 Å². The molecule has 0 saturated heterocycles. The number of hydrogen-bond acceptors (Lipinski definition) is 3. The minimum absolute atomic E-state index is 0.847. The van der Waals surface area contributed by atoms with Gasteiger partial charge in [0.25, 0.3) is 0 Å². The fourth-order valence-electron chi connectivity index (χ4n) is 3.22. The zero-order valence-corrected chi connectivity index (χ0v) is 14.8. The lowest BCUT2D eigenvalue weighted by Gasteiger charge is -2.05. The van der Waals surface area contributed by atoms with Gasteiger partial charge in [-0.1, -0.05) is 48.5 Å². The predicted octanol–water partition coefficient (Wildman–Crippen LogP) is 6.89. The van der Waals surface area contributed by atoms with Crippen LogP contribution in [0.3, 0.4) is 0 Å². The number of nitrogens with zero attached hydrogens (tertiary/aromatic N) is 3. The summed E-state index contributed by atoms with van der Waals surface area (Å²) in [5.74, 6) is 0. The van der Waals surface area contributed by atoms with Crippen molar-refractivity contribution < 1.29 is 0 Å². The van der Waals surface area contributed by atoms with Gasteiger partial charge in [0.2, 0.25) is 0 Å². The molecule has 0 spiro atoms. The molecule has 1 heterocycles. The van der Waals surface area contributed by atoms with E-state index in [1.165, 1.54) is 5.56 Å². The summed E-state index contributed by atoms with van der Waals surface area (Å²) in [6.45, 7) is 4.05. The molecule has 2 aromatic rings. The van der Waals surface area contributed by atoms with Crippen LogP contribution >= 0.6 is 0 Å². The quantitative estimate of drug-likeness (QED) is 0.375. The van der Waals surface area contributed by atoms with Crippen LogP contribution in [0.5, 0.6) is 0 Å². The molecule has 3 nitrogen and oxygen atoms in total. The Morgan fingerprint density at radius 1 is 0.615 bits per heavy atom. The van der Waals surface area contributed by atoms with Crippen molar-refractivity contribution in [2.75, 3.05) is 0 Å². The van der Waals surface area contributed by atoms with Crippen LogP contribution in [-0.2, 0) is 0 Å². The van der Waals surface area contributed by atoms with Gasteiger partial charge >= 0.3 is 0 Å². The van der Waals surface area contributed by atoms with E-state index in [1.54, 1.807) is 0 Å². The van der Waals surface area contributed by atoms with Crippen LogP contribution in [0.4, 0.5) is 11.4 Å². The van der Waals surface area contributed by atoms with Gasteiger partial charge in [0, 0.05) is 17.0 Å². The minimum atomic E-state index is 0.847. The highest BCUT2D eigenvalue weighted by molar-refractivity contribution is 5.94. The third kappa shape index (κ3) is 3.24. The van der Waals surface area contributed by atoms with Gasteiger partial charge in [-0.05, 0) is 60.9 Å². The first-order chi connectivity index (χ1) is 12.7. The first kappa shape index (κ1) is 16.2. The van der Waals surface area contributed by atoms with Crippen LogP contribution in [-0.4, -0.2) is 4.98 Å². The molecule has 126 valence electrons. The van der Waals surface area contributed by atoms with Crippen molar-refractivity contribution in [1.29, 1.82) is 0 Å². The first-order valence-electron chi connectivity index (χ1n) is 8.65. The van der Waals surface area contributed by atoms with Gasteiger partial charge in [0.15, 0.2) is 0 Å². The highest BCUT2D eigenvalue weighted by Gasteiger charge is 2.16. The van der Waals surface area contributed by atoms with Gasteiger partial charge in [-0.15, -0.1) is 5.11 Å². The Balaban J connectivity index is 1.86. The standard InChI is InChI=1S/C23H19N3/c1-16-13-18(14-17(2)24-16)22-15-23(21-12-8-4-7-11-20(21)22)26-25-19-9-5-3-6-10-19/h3-15H,1-2H3. The fourth-order valence-corrected chi connectivity index (χ4v) is 3.22. The van der Waals surface area contributed by atoms with Crippen molar-refractivity contribution in [2.24, 2.45) is 10.2 Å². The van der Waals surface area contributed by atoms with Gasteiger partial charge in [0.05, 0.1) is 11.4 Å². The molecule has 2 aliphatic carbocycles. The van der Waals surface area contributed by atoms with Crippen molar-refractivity contribution in [3.8, 4) is 22.3 Å². The number of benzene rings is 1. The fraction of sp³-hybridized carbons (Fsp3) is 0.0870. The first-order valence-corrected chi connectivity index (χ1v) is 8.65. The Morgan fingerprint density at radius 2 is 1.23 bits per heavy atom. The Hall–Kier alpha value is -3.33. The molecule has 2 aliphatic rings. The highest BCUT2D eigenvalue weighted by Crippen LogP contribution is 2.43. The van der Waals surface area contributed by atoms with Crippen LogP contribution in [0.1, 0.15) is 11.4 Å². The second-order valence-corrected chi connectivity index (χ2v) is 6.36. The van der Waals surface area contributed by atoms with E-state index in [9.17, 15) is 0 Å². The van der Waals surface area contributed by atoms with Gasteiger partial charge in [-0.3, -0.25) is 4.98 Å². The van der Waals surface area contributed by atoms with Crippen LogP contribution in [0, 0.1) is 13.8 Å². The van der Waals surface area contributed by atoms with Crippen molar-refractivity contribution in [2.45, 2.75) is 13.8 Å². The van der Waals surface area contributed by atoms with Gasteiger partial charge in [0.1, 0.15) is 0 Å². The number of pyridine rings is 1. The largest absolute Gasteiger partial charge is 0.258 e. The van der Waals surface area contributed by atoms with E-state index in [0.29, 0.717) is 0 Å². The molecular weight excluding hydrogens is 318 g/mol. The lowest BCUT2D eigenvalue weighted by molar-refractivity contribution is 1.12. The number of azo groups is 1. The average Bonchev–Trinajstić information content (AvgIpc) is 2.80. The smallest absolute Gasteiger partial charge is 0.0941 e. The van der Waals surface area contributed by atoms with E-state index in [1.807, 2.05) is 56.3 Å². The second kappa shape index (κ2) is 6.89. The molecule has 0 saturated carbocycles. The summed E-state index contributed by atoms with van der Waals surface area (Å²) in [6, 6.07) is 26.5. The third-order valence-corrected chi connectivity index (χ3v) is 4.31. The topological polar surface area (TPSA) is 37.6 Å².